The quantitative estimate of drug-likeness (QED) is 0.228. The normalized spacial score (nSPS) is 21.0. The van der Waals surface area contributed by atoms with E-state index in [1.54, 1.807) is 0 Å². The largest absolute Gasteiger partial charge is 0.382 e. The van der Waals surface area contributed by atoms with Crippen LogP contribution >= 0.6 is 35.7 Å². The van der Waals surface area contributed by atoms with Crippen molar-refractivity contribution in [2.75, 3.05) is 57.9 Å². The van der Waals surface area contributed by atoms with E-state index < -0.39 is 0 Å². The highest BCUT2D eigenvalue weighted by Gasteiger charge is 2.39. The number of ether oxygens (including phenoxy) is 1. The summed E-state index contributed by atoms with van der Waals surface area (Å²) in [4.78, 5) is 7.15. The summed E-state index contributed by atoms with van der Waals surface area (Å²) in [7, 11) is 1.87. The third kappa shape index (κ3) is 7.81. The molecule has 0 aromatic carbocycles. The first-order chi connectivity index (χ1) is 11.8. The van der Waals surface area contributed by atoms with Gasteiger partial charge in [-0.25, -0.2) is 0 Å². The Balaban J connectivity index is 0.00000312. The van der Waals surface area contributed by atoms with Crippen molar-refractivity contribution < 1.29 is 4.74 Å². The van der Waals surface area contributed by atoms with E-state index in [9.17, 15) is 0 Å². The average molecular weight is 484 g/mol. The average Bonchev–Trinajstić information content (AvgIpc) is 3.11. The summed E-state index contributed by atoms with van der Waals surface area (Å²) in [6, 6.07) is 0. The highest BCUT2D eigenvalue weighted by atomic mass is 127. The van der Waals surface area contributed by atoms with Gasteiger partial charge in [0.1, 0.15) is 0 Å². The van der Waals surface area contributed by atoms with E-state index in [1.165, 1.54) is 50.3 Å². The van der Waals surface area contributed by atoms with Crippen molar-refractivity contribution in [1.82, 2.24) is 15.5 Å². The Labute approximate surface area is 175 Å². The van der Waals surface area contributed by atoms with Crippen LogP contribution in [0.1, 0.15) is 45.4 Å². The second-order valence-corrected chi connectivity index (χ2v) is 8.01. The van der Waals surface area contributed by atoms with Gasteiger partial charge in [-0.05, 0) is 32.6 Å². The van der Waals surface area contributed by atoms with Crippen LogP contribution in [0.4, 0.5) is 0 Å². The van der Waals surface area contributed by atoms with Crippen LogP contribution in [0.2, 0.25) is 0 Å². The van der Waals surface area contributed by atoms with Crippen LogP contribution in [0.25, 0.3) is 0 Å². The lowest BCUT2D eigenvalue weighted by atomic mass is 9.94. The fourth-order valence-electron chi connectivity index (χ4n) is 3.82. The molecule has 25 heavy (non-hydrogen) atoms. The molecule has 0 bridgehead atoms. The van der Waals surface area contributed by atoms with Gasteiger partial charge in [0.25, 0.3) is 0 Å². The molecule has 0 aromatic heterocycles. The van der Waals surface area contributed by atoms with Gasteiger partial charge in [-0.3, -0.25) is 9.89 Å². The predicted octanol–water partition coefficient (Wildman–Crippen LogP) is 2.95. The molecule has 0 unspecified atom stereocenters. The first kappa shape index (κ1) is 23.3. The third-order valence-corrected chi connectivity index (χ3v) is 6.18. The fraction of sp³-hybridized carbons (Fsp3) is 0.944. The van der Waals surface area contributed by atoms with Crippen LogP contribution in [0.15, 0.2) is 4.99 Å². The van der Waals surface area contributed by atoms with Gasteiger partial charge >= 0.3 is 0 Å². The summed E-state index contributed by atoms with van der Waals surface area (Å²) in [6.45, 7) is 8.19. The molecule has 2 aliphatic rings. The molecule has 7 heteroatoms. The topological polar surface area (TPSA) is 48.9 Å². The van der Waals surface area contributed by atoms with Crippen molar-refractivity contribution in [3.63, 3.8) is 0 Å². The molecule has 148 valence electrons. The smallest absolute Gasteiger partial charge is 0.191 e. The van der Waals surface area contributed by atoms with Gasteiger partial charge in [0.15, 0.2) is 5.96 Å². The molecule has 0 atom stereocenters. The minimum Gasteiger partial charge on any atom is -0.382 e. The molecule has 1 saturated carbocycles. The van der Waals surface area contributed by atoms with E-state index in [0.717, 1.165) is 45.1 Å². The van der Waals surface area contributed by atoms with Gasteiger partial charge in [0, 0.05) is 63.5 Å². The van der Waals surface area contributed by atoms with Crippen molar-refractivity contribution in [3.8, 4) is 0 Å². The Kier molecular flexibility index (Phi) is 12.5. The number of nitrogens with zero attached hydrogens (tertiary/aromatic N) is 2. The molecule has 5 nitrogen and oxygen atoms in total. The van der Waals surface area contributed by atoms with Gasteiger partial charge in [-0.15, -0.1) is 24.0 Å². The van der Waals surface area contributed by atoms with Gasteiger partial charge in [0.05, 0.1) is 0 Å². The van der Waals surface area contributed by atoms with E-state index in [-0.39, 0.29) is 24.0 Å². The number of aliphatic imine (C=N–C) groups is 1. The van der Waals surface area contributed by atoms with Crippen LogP contribution < -0.4 is 10.6 Å². The molecule has 2 fully saturated rings. The minimum absolute atomic E-state index is 0. The zero-order chi connectivity index (χ0) is 17.1. The standard InChI is InChI=1S/C18H36N4OS.HI/c1-3-23-13-7-6-10-20-17(19-2)21-16-18(8-4-5-9-18)22-11-14-24-15-12-22;/h3-16H2,1-2H3,(H2,19,20,21);1H. The second kappa shape index (κ2) is 13.4. The molecule has 1 heterocycles. The van der Waals surface area contributed by atoms with E-state index in [4.69, 9.17) is 4.74 Å². The van der Waals surface area contributed by atoms with E-state index >= 15 is 0 Å². The number of hydrogen-bond acceptors (Lipinski definition) is 4. The maximum absolute atomic E-state index is 5.38. The Morgan fingerprint density at radius 1 is 1.16 bits per heavy atom. The number of rotatable bonds is 9. The number of nitrogens with one attached hydrogen (secondary N) is 2. The van der Waals surface area contributed by atoms with Gasteiger partial charge in [-0.1, -0.05) is 12.8 Å². The lowest BCUT2D eigenvalue weighted by molar-refractivity contribution is 0.107. The number of guanidine groups is 1. The van der Waals surface area contributed by atoms with Crippen LogP contribution in [0, 0.1) is 0 Å². The summed E-state index contributed by atoms with van der Waals surface area (Å²) in [5.74, 6) is 3.52. The van der Waals surface area contributed by atoms with Crippen molar-refractivity contribution in [2.24, 2.45) is 4.99 Å². The van der Waals surface area contributed by atoms with E-state index in [2.05, 4.69) is 32.3 Å². The number of unbranched alkanes of at least 4 members (excludes halogenated alkanes) is 1. The zero-order valence-corrected chi connectivity index (χ0v) is 19.2. The molecular weight excluding hydrogens is 447 g/mol. The zero-order valence-electron chi connectivity index (χ0n) is 16.0. The summed E-state index contributed by atoms with van der Waals surface area (Å²) in [6.07, 6.45) is 7.62. The van der Waals surface area contributed by atoms with Crippen molar-refractivity contribution >= 4 is 41.7 Å². The maximum atomic E-state index is 5.38. The summed E-state index contributed by atoms with van der Waals surface area (Å²) >= 11 is 2.10. The number of halogens is 1. The predicted molar refractivity (Wildman–Crippen MR) is 121 cm³/mol. The number of hydrogen-bond donors (Lipinski definition) is 2. The molecule has 0 aromatic rings. The Morgan fingerprint density at radius 2 is 1.88 bits per heavy atom. The Hall–Kier alpha value is 0.270. The highest BCUT2D eigenvalue weighted by molar-refractivity contribution is 14.0. The van der Waals surface area contributed by atoms with E-state index in [1.807, 2.05) is 14.0 Å². The Bertz CT molecular complexity index is 372. The SMILES string of the molecule is CCOCCCCNC(=NC)NCC1(N2CCSCC2)CCCC1.I. The molecule has 1 aliphatic carbocycles. The lowest BCUT2D eigenvalue weighted by Crippen LogP contribution is -2.57. The van der Waals surface area contributed by atoms with Gasteiger partial charge in [-0.2, -0.15) is 11.8 Å². The van der Waals surface area contributed by atoms with Gasteiger partial charge < -0.3 is 15.4 Å². The fourth-order valence-corrected chi connectivity index (χ4v) is 4.73. The molecule has 0 spiro atoms. The van der Waals surface area contributed by atoms with E-state index in [0.29, 0.717) is 5.54 Å². The monoisotopic (exact) mass is 484 g/mol. The minimum atomic E-state index is 0. The van der Waals surface area contributed by atoms with Crippen molar-refractivity contribution in [2.45, 2.75) is 51.0 Å². The molecule has 1 aliphatic heterocycles. The maximum Gasteiger partial charge on any atom is 0.191 e. The van der Waals surface area contributed by atoms with Crippen LogP contribution in [-0.2, 0) is 4.74 Å². The second-order valence-electron chi connectivity index (χ2n) is 6.79. The lowest BCUT2D eigenvalue weighted by Gasteiger charge is -2.43. The van der Waals surface area contributed by atoms with Crippen LogP contribution in [-0.4, -0.2) is 74.3 Å². The molecule has 1 saturated heterocycles. The number of thioether (sulfide) groups is 1. The Morgan fingerprint density at radius 3 is 2.52 bits per heavy atom. The third-order valence-electron chi connectivity index (χ3n) is 5.24. The summed E-state index contributed by atoms with van der Waals surface area (Å²) < 4.78 is 5.38. The summed E-state index contributed by atoms with van der Waals surface area (Å²) in [5, 5.41) is 7.06. The highest BCUT2D eigenvalue weighted by Crippen LogP contribution is 2.36. The summed E-state index contributed by atoms with van der Waals surface area (Å²) in [5.41, 5.74) is 0.355. The first-order valence-electron chi connectivity index (χ1n) is 9.66. The van der Waals surface area contributed by atoms with Crippen molar-refractivity contribution in [3.05, 3.63) is 0 Å². The van der Waals surface area contributed by atoms with Crippen LogP contribution in [0.3, 0.4) is 0 Å². The molecule has 0 amide bonds. The first-order valence-corrected chi connectivity index (χ1v) is 10.8. The van der Waals surface area contributed by atoms with Gasteiger partial charge in [0.2, 0.25) is 0 Å². The molecule has 2 rings (SSSR count). The molecule has 0 radical (unpaired) electrons. The van der Waals surface area contributed by atoms with Crippen molar-refractivity contribution in [1.29, 1.82) is 0 Å². The molecular formula is C18H37IN4OS. The van der Waals surface area contributed by atoms with Crippen LogP contribution in [0.5, 0.6) is 0 Å². The molecule has 2 N–H and O–H groups in total.